The molecule has 0 aromatic heterocycles. The first kappa shape index (κ1) is 26.9. The molecule has 2 bridgehead atoms. The summed E-state index contributed by atoms with van der Waals surface area (Å²) >= 11 is 0. The van der Waals surface area contributed by atoms with Gasteiger partial charge in [-0.1, -0.05) is 71.7 Å². The van der Waals surface area contributed by atoms with E-state index in [1.807, 2.05) is 36.4 Å². The standard InChI is InChI=1S/C31H43N3O4/c1-18(2)15-17-34-27(29(36)33-23-9-7-6-8-20(23)5)31-16-14-24(38-31)25(26(31)30(34)37)28(35)32-22-12-10-21(11-13-22)19(3)4/h10-14,16,18-20,23-27H,6-9,15,17H2,1-5H3,(H,32,35)(H,33,36)/t20-,23-,24-,25+,26-,27-,31-/m0/s1. The van der Waals surface area contributed by atoms with Crippen LogP contribution in [0.5, 0.6) is 0 Å². The average molecular weight is 522 g/mol. The van der Waals surface area contributed by atoms with Crippen LogP contribution >= 0.6 is 0 Å². The Morgan fingerprint density at radius 1 is 1.08 bits per heavy atom. The number of ether oxygens (including phenoxy) is 1. The number of benzene rings is 1. The van der Waals surface area contributed by atoms with E-state index in [0.717, 1.165) is 25.7 Å². The number of likely N-dealkylation sites (tertiary alicyclic amines) is 1. The smallest absolute Gasteiger partial charge is 0.246 e. The first-order valence-electron chi connectivity index (χ1n) is 14.5. The van der Waals surface area contributed by atoms with Gasteiger partial charge in [-0.15, -0.1) is 0 Å². The van der Waals surface area contributed by atoms with Gasteiger partial charge < -0.3 is 20.3 Å². The number of carbonyl (C=O) groups is 3. The number of hydrogen-bond acceptors (Lipinski definition) is 4. The number of anilines is 1. The van der Waals surface area contributed by atoms with Gasteiger partial charge in [0.2, 0.25) is 17.7 Å². The van der Waals surface area contributed by atoms with Gasteiger partial charge in [0.15, 0.2) is 0 Å². The maximum atomic E-state index is 14.0. The second-order valence-electron chi connectivity index (χ2n) is 12.6. The van der Waals surface area contributed by atoms with Crippen LogP contribution in [0.15, 0.2) is 36.4 Å². The number of fused-ring (bicyclic) bond motifs is 1. The van der Waals surface area contributed by atoms with Crippen LogP contribution in [-0.2, 0) is 19.1 Å². The van der Waals surface area contributed by atoms with Crippen molar-refractivity contribution in [1.29, 1.82) is 0 Å². The molecule has 3 heterocycles. The predicted molar refractivity (Wildman–Crippen MR) is 147 cm³/mol. The lowest BCUT2D eigenvalue weighted by Crippen LogP contribution is -2.57. The molecular formula is C31H43N3O4. The quantitative estimate of drug-likeness (QED) is 0.488. The summed E-state index contributed by atoms with van der Waals surface area (Å²) in [6, 6.07) is 7.17. The molecule has 2 saturated heterocycles. The highest BCUT2D eigenvalue weighted by atomic mass is 16.5. The van der Waals surface area contributed by atoms with E-state index >= 15 is 0 Å². The maximum absolute atomic E-state index is 14.0. The van der Waals surface area contributed by atoms with Crippen molar-refractivity contribution in [3.63, 3.8) is 0 Å². The third-order valence-electron chi connectivity index (χ3n) is 9.16. The Hall–Kier alpha value is -2.67. The SMILES string of the molecule is CC(C)CCN1C(=O)[C@@H]2[C@H](C(=O)Nc3ccc(C(C)C)cc3)[C@@H]3C=C[C@@]2(O3)[C@@H]1C(=O)N[C@H]1CCCC[C@@H]1C. The van der Waals surface area contributed by atoms with Gasteiger partial charge in [0, 0.05) is 18.3 Å². The van der Waals surface area contributed by atoms with E-state index in [0.29, 0.717) is 30.0 Å². The lowest BCUT2D eigenvalue weighted by atomic mass is 9.74. The van der Waals surface area contributed by atoms with Crippen molar-refractivity contribution in [3.8, 4) is 0 Å². The van der Waals surface area contributed by atoms with E-state index in [1.165, 1.54) is 12.0 Å². The van der Waals surface area contributed by atoms with E-state index in [2.05, 4.69) is 45.3 Å². The van der Waals surface area contributed by atoms with E-state index in [-0.39, 0.29) is 23.8 Å². The van der Waals surface area contributed by atoms with E-state index in [4.69, 9.17) is 4.74 Å². The predicted octanol–water partition coefficient (Wildman–Crippen LogP) is 4.64. The molecule has 7 nitrogen and oxygen atoms in total. The minimum Gasteiger partial charge on any atom is -0.359 e. The Labute approximate surface area is 226 Å². The zero-order valence-electron chi connectivity index (χ0n) is 23.4. The number of amides is 3. The van der Waals surface area contributed by atoms with Crippen molar-refractivity contribution >= 4 is 23.4 Å². The summed E-state index contributed by atoms with van der Waals surface area (Å²) in [5, 5.41) is 6.31. The van der Waals surface area contributed by atoms with Gasteiger partial charge >= 0.3 is 0 Å². The minimum absolute atomic E-state index is 0.101. The summed E-state index contributed by atoms with van der Waals surface area (Å²) in [6.07, 6.45) is 8.37. The fourth-order valence-electron chi connectivity index (χ4n) is 6.87. The molecule has 7 heteroatoms. The zero-order chi connectivity index (χ0) is 27.2. The molecule has 1 aromatic carbocycles. The van der Waals surface area contributed by atoms with Crippen LogP contribution < -0.4 is 10.6 Å². The number of nitrogens with zero attached hydrogens (tertiary/aromatic N) is 1. The third kappa shape index (κ3) is 4.67. The van der Waals surface area contributed by atoms with Crippen LogP contribution in [-0.4, -0.2) is 53.0 Å². The lowest BCUT2D eigenvalue weighted by Gasteiger charge is -2.36. The third-order valence-corrected chi connectivity index (χ3v) is 9.16. The van der Waals surface area contributed by atoms with Crippen LogP contribution in [0.1, 0.15) is 78.2 Å². The van der Waals surface area contributed by atoms with Crippen molar-refractivity contribution < 1.29 is 19.1 Å². The van der Waals surface area contributed by atoms with Crippen molar-refractivity contribution in [1.82, 2.24) is 10.2 Å². The zero-order valence-corrected chi connectivity index (χ0v) is 23.4. The van der Waals surface area contributed by atoms with Crippen molar-refractivity contribution in [2.75, 3.05) is 11.9 Å². The van der Waals surface area contributed by atoms with Gasteiger partial charge in [-0.3, -0.25) is 14.4 Å². The van der Waals surface area contributed by atoms with Gasteiger partial charge in [0.25, 0.3) is 0 Å². The molecule has 4 aliphatic rings. The average Bonchev–Trinajstić information content (AvgIpc) is 3.51. The Kier molecular flexibility index (Phi) is 7.42. The normalized spacial score (nSPS) is 33.8. The summed E-state index contributed by atoms with van der Waals surface area (Å²) in [5.41, 5.74) is 0.786. The number of rotatable bonds is 8. The van der Waals surface area contributed by atoms with E-state index < -0.39 is 29.6 Å². The Morgan fingerprint density at radius 2 is 1.79 bits per heavy atom. The summed E-state index contributed by atoms with van der Waals surface area (Å²) < 4.78 is 6.47. The van der Waals surface area contributed by atoms with Crippen molar-refractivity contribution in [2.45, 2.75) is 96.4 Å². The Morgan fingerprint density at radius 3 is 2.45 bits per heavy atom. The van der Waals surface area contributed by atoms with Gasteiger partial charge in [0.1, 0.15) is 11.6 Å². The summed E-state index contributed by atoms with van der Waals surface area (Å²) in [6.45, 7) is 11.1. The van der Waals surface area contributed by atoms with Gasteiger partial charge in [-0.2, -0.15) is 0 Å². The summed E-state index contributed by atoms with van der Waals surface area (Å²) in [4.78, 5) is 43.2. The molecule has 3 fully saturated rings. The van der Waals surface area contributed by atoms with Crippen LogP contribution in [0.4, 0.5) is 5.69 Å². The topological polar surface area (TPSA) is 87.7 Å². The molecular weight excluding hydrogens is 478 g/mol. The molecule has 38 heavy (non-hydrogen) atoms. The molecule has 1 aliphatic carbocycles. The molecule has 5 rings (SSSR count). The highest BCUT2D eigenvalue weighted by Gasteiger charge is 2.72. The molecule has 3 amide bonds. The first-order valence-corrected chi connectivity index (χ1v) is 14.5. The number of hydrogen-bond donors (Lipinski definition) is 2. The van der Waals surface area contributed by atoms with Crippen molar-refractivity contribution in [2.24, 2.45) is 23.7 Å². The second-order valence-corrected chi connectivity index (χ2v) is 12.6. The molecule has 0 unspecified atom stereocenters. The molecule has 1 aromatic rings. The summed E-state index contributed by atoms with van der Waals surface area (Å²) in [7, 11) is 0. The van der Waals surface area contributed by atoms with Gasteiger partial charge in [0.05, 0.1) is 17.9 Å². The monoisotopic (exact) mass is 521 g/mol. The first-order chi connectivity index (χ1) is 18.1. The van der Waals surface area contributed by atoms with Crippen molar-refractivity contribution in [3.05, 3.63) is 42.0 Å². The van der Waals surface area contributed by atoms with Crippen LogP contribution in [0.3, 0.4) is 0 Å². The van der Waals surface area contributed by atoms with Gasteiger partial charge in [-0.05, 0) is 54.7 Å². The molecule has 2 N–H and O–H groups in total. The summed E-state index contributed by atoms with van der Waals surface area (Å²) in [5.74, 6) is -0.741. The molecule has 0 radical (unpaired) electrons. The molecule has 1 saturated carbocycles. The maximum Gasteiger partial charge on any atom is 0.246 e. The highest BCUT2D eigenvalue weighted by molar-refractivity contribution is 6.02. The Balaban J connectivity index is 1.41. The van der Waals surface area contributed by atoms with Crippen LogP contribution in [0.25, 0.3) is 0 Å². The fourth-order valence-corrected chi connectivity index (χ4v) is 6.87. The Bertz CT molecular complexity index is 1100. The molecule has 206 valence electrons. The van der Waals surface area contributed by atoms with Crippen LogP contribution in [0, 0.1) is 23.7 Å². The largest absolute Gasteiger partial charge is 0.359 e. The number of carbonyl (C=O) groups excluding carboxylic acids is 3. The molecule has 3 aliphatic heterocycles. The van der Waals surface area contributed by atoms with Gasteiger partial charge in [-0.25, -0.2) is 0 Å². The lowest BCUT2D eigenvalue weighted by molar-refractivity contribution is -0.141. The minimum atomic E-state index is -1.11. The van der Waals surface area contributed by atoms with E-state index in [9.17, 15) is 14.4 Å². The second kappa shape index (κ2) is 10.5. The molecule has 7 atom stereocenters. The highest BCUT2D eigenvalue weighted by Crippen LogP contribution is 2.55. The number of nitrogens with one attached hydrogen (secondary N) is 2. The van der Waals surface area contributed by atoms with Crippen LogP contribution in [0.2, 0.25) is 0 Å². The molecule has 1 spiro atoms. The fraction of sp³-hybridized carbons (Fsp3) is 0.645. The van der Waals surface area contributed by atoms with E-state index in [1.54, 1.807) is 4.90 Å².